The fourth-order valence-electron chi connectivity index (χ4n) is 8.22. The topological polar surface area (TPSA) is 9.86 Å². The van der Waals surface area contributed by atoms with Crippen LogP contribution in [0, 0.1) is 0 Å². The molecule has 0 unspecified atom stereocenters. The molecular weight excluding hydrogens is 684 g/mol. The number of para-hydroxylation sites is 3. The van der Waals surface area contributed by atoms with E-state index in [0.717, 1.165) is 0 Å². The van der Waals surface area contributed by atoms with Gasteiger partial charge in [0, 0.05) is 0 Å². The molecule has 3 aromatic heterocycles. The maximum absolute atomic E-state index is 2.53. The average molecular weight is 714 g/mol. The van der Waals surface area contributed by atoms with E-state index in [-0.39, 0.29) is 14.5 Å². The first-order valence-corrected chi connectivity index (χ1v) is 19.1. The molecule has 0 saturated heterocycles. The summed E-state index contributed by atoms with van der Waals surface area (Å²) in [5.74, 6) is 0. The van der Waals surface area contributed by atoms with E-state index in [2.05, 4.69) is 191 Å². The standard InChI is InChI=1S/C48H30N2Se/c1-2-12-31(13-3-1)32-22-24-33(25-23-32)34-28-45(48-39-17-7-11-21-46(39)51-47(48)29-34)50-43-20-10-6-16-38(43)40-30-35(26-27-44(40)50)49-41-18-8-4-14-36(41)37-15-5-9-19-42(37)49/h1-30H. The molecule has 238 valence electrons. The van der Waals surface area contributed by atoms with Gasteiger partial charge in [-0.3, -0.25) is 0 Å². The molecule has 8 aromatic carbocycles. The van der Waals surface area contributed by atoms with Crippen LogP contribution in [-0.2, 0) is 0 Å². The van der Waals surface area contributed by atoms with E-state index in [9.17, 15) is 0 Å². The number of nitrogens with zero attached hydrogens (tertiary/aromatic N) is 2. The van der Waals surface area contributed by atoms with Crippen molar-refractivity contribution >= 4 is 77.4 Å². The molecule has 11 aromatic rings. The number of hydrogen-bond donors (Lipinski definition) is 0. The monoisotopic (exact) mass is 714 g/mol. The van der Waals surface area contributed by atoms with Crippen LogP contribution < -0.4 is 0 Å². The molecule has 0 amide bonds. The van der Waals surface area contributed by atoms with Crippen molar-refractivity contribution in [3.05, 3.63) is 182 Å². The molecule has 0 aliphatic rings. The summed E-state index contributed by atoms with van der Waals surface area (Å²) in [6, 6.07) is 67.1. The summed E-state index contributed by atoms with van der Waals surface area (Å²) in [4.78, 5) is 0. The summed E-state index contributed by atoms with van der Waals surface area (Å²) >= 11 is 0.225. The Balaban J connectivity index is 1.18. The predicted octanol–water partition coefficient (Wildman–Crippen LogP) is 12.6. The number of rotatable bonds is 4. The SMILES string of the molecule is c1ccc(-c2ccc(-c3cc(-n4c5ccccc5c5cc(-n6c7ccccc7c7ccccc76)ccc54)c4c(c3)[se]c3ccccc34)cc2)cc1. The Hall–Kier alpha value is -6.12. The Morgan fingerprint density at radius 1 is 0.314 bits per heavy atom. The second kappa shape index (κ2) is 11.2. The van der Waals surface area contributed by atoms with Crippen molar-refractivity contribution in [3.63, 3.8) is 0 Å². The van der Waals surface area contributed by atoms with E-state index in [4.69, 9.17) is 0 Å². The minimum absolute atomic E-state index is 0.225. The number of hydrogen-bond acceptors (Lipinski definition) is 0. The van der Waals surface area contributed by atoms with Crippen LogP contribution in [0.3, 0.4) is 0 Å². The summed E-state index contributed by atoms with van der Waals surface area (Å²) in [6.07, 6.45) is 0. The summed E-state index contributed by atoms with van der Waals surface area (Å²) in [7, 11) is 0. The Labute approximate surface area is 300 Å². The van der Waals surface area contributed by atoms with Crippen molar-refractivity contribution in [3.8, 4) is 33.6 Å². The molecule has 0 N–H and O–H groups in total. The maximum atomic E-state index is 2.53. The van der Waals surface area contributed by atoms with Crippen LogP contribution in [0.2, 0.25) is 0 Å². The average Bonchev–Trinajstić information content (AvgIpc) is 3.85. The molecular formula is C48H30N2Se. The minimum atomic E-state index is 0.225. The molecule has 0 spiro atoms. The van der Waals surface area contributed by atoms with Crippen LogP contribution in [-0.4, -0.2) is 23.6 Å². The van der Waals surface area contributed by atoms with Crippen LogP contribution >= 0.6 is 0 Å². The van der Waals surface area contributed by atoms with Crippen molar-refractivity contribution in [1.82, 2.24) is 9.13 Å². The van der Waals surface area contributed by atoms with Crippen molar-refractivity contribution in [1.29, 1.82) is 0 Å². The van der Waals surface area contributed by atoms with E-state index >= 15 is 0 Å². The molecule has 3 heterocycles. The van der Waals surface area contributed by atoms with Gasteiger partial charge in [-0.1, -0.05) is 12.1 Å². The van der Waals surface area contributed by atoms with Crippen LogP contribution in [0.15, 0.2) is 182 Å². The first kappa shape index (κ1) is 28.7. The molecule has 0 fully saturated rings. The van der Waals surface area contributed by atoms with Gasteiger partial charge in [0.25, 0.3) is 0 Å². The van der Waals surface area contributed by atoms with Crippen molar-refractivity contribution in [2.75, 3.05) is 0 Å². The van der Waals surface area contributed by atoms with Gasteiger partial charge in [0.15, 0.2) is 0 Å². The van der Waals surface area contributed by atoms with E-state index in [0.29, 0.717) is 0 Å². The zero-order valence-corrected chi connectivity index (χ0v) is 29.3. The molecule has 0 bridgehead atoms. The molecule has 0 saturated carbocycles. The van der Waals surface area contributed by atoms with Gasteiger partial charge in [-0.15, -0.1) is 0 Å². The van der Waals surface area contributed by atoms with Crippen LogP contribution in [0.5, 0.6) is 0 Å². The predicted molar refractivity (Wildman–Crippen MR) is 218 cm³/mol. The first-order chi connectivity index (χ1) is 25.3. The van der Waals surface area contributed by atoms with Crippen molar-refractivity contribution in [2.45, 2.75) is 0 Å². The molecule has 0 aliphatic heterocycles. The third-order valence-corrected chi connectivity index (χ3v) is 12.9. The first-order valence-electron chi connectivity index (χ1n) is 17.4. The Bertz CT molecular complexity index is 3070. The fraction of sp³-hybridized carbons (Fsp3) is 0. The summed E-state index contributed by atoms with van der Waals surface area (Å²) < 4.78 is 7.84. The molecule has 0 aliphatic carbocycles. The van der Waals surface area contributed by atoms with E-state index < -0.39 is 0 Å². The summed E-state index contributed by atoms with van der Waals surface area (Å²) in [6.45, 7) is 0. The van der Waals surface area contributed by atoms with Gasteiger partial charge < -0.3 is 0 Å². The Morgan fingerprint density at radius 3 is 1.51 bits per heavy atom. The molecule has 2 nitrogen and oxygen atoms in total. The molecule has 3 heteroatoms. The number of aromatic nitrogens is 2. The number of benzene rings is 8. The van der Waals surface area contributed by atoms with Crippen molar-refractivity contribution in [2.24, 2.45) is 0 Å². The van der Waals surface area contributed by atoms with E-state index in [1.807, 2.05) is 0 Å². The fourth-order valence-corrected chi connectivity index (χ4v) is 10.7. The van der Waals surface area contributed by atoms with Gasteiger partial charge in [0.2, 0.25) is 0 Å². The normalized spacial score (nSPS) is 11.9. The van der Waals surface area contributed by atoms with Gasteiger partial charge in [-0.05, 0) is 0 Å². The van der Waals surface area contributed by atoms with Gasteiger partial charge >= 0.3 is 290 Å². The third-order valence-electron chi connectivity index (χ3n) is 10.5. The van der Waals surface area contributed by atoms with Gasteiger partial charge in [0.1, 0.15) is 0 Å². The molecule has 11 rings (SSSR count). The second-order valence-electron chi connectivity index (χ2n) is 13.3. The van der Waals surface area contributed by atoms with Crippen LogP contribution in [0.1, 0.15) is 0 Å². The number of fused-ring (bicyclic) bond motifs is 9. The molecule has 0 radical (unpaired) electrons. The quantitative estimate of drug-likeness (QED) is 0.161. The Kier molecular flexibility index (Phi) is 6.30. The van der Waals surface area contributed by atoms with E-state index in [1.165, 1.54) is 96.5 Å². The van der Waals surface area contributed by atoms with Crippen LogP contribution in [0.25, 0.3) is 96.5 Å². The Morgan fingerprint density at radius 2 is 0.824 bits per heavy atom. The molecule has 51 heavy (non-hydrogen) atoms. The zero-order valence-electron chi connectivity index (χ0n) is 27.6. The van der Waals surface area contributed by atoms with Gasteiger partial charge in [-0.25, -0.2) is 0 Å². The summed E-state index contributed by atoms with van der Waals surface area (Å²) in [5.41, 5.74) is 12.3. The third kappa shape index (κ3) is 4.36. The second-order valence-corrected chi connectivity index (χ2v) is 15.6. The van der Waals surface area contributed by atoms with Crippen LogP contribution in [0.4, 0.5) is 0 Å². The van der Waals surface area contributed by atoms with Gasteiger partial charge in [-0.2, -0.15) is 0 Å². The molecule has 0 atom stereocenters. The van der Waals surface area contributed by atoms with E-state index in [1.54, 1.807) is 0 Å². The zero-order chi connectivity index (χ0) is 33.5. The summed E-state index contributed by atoms with van der Waals surface area (Å²) in [5, 5.41) is 7.80. The van der Waals surface area contributed by atoms with Gasteiger partial charge in [0.05, 0.1) is 0 Å². The van der Waals surface area contributed by atoms with Crippen molar-refractivity contribution < 1.29 is 0 Å².